The van der Waals surface area contributed by atoms with E-state index in [0.717, 1.165) is 25.9 Å². The van der Waals surface area contributed by atoms with Crippen LogP contribution in [0.25, 0.3) is 0 Å². The molecular formula is C16H31N3O. The predicted molar refractivity (Wildman–Crippen MR) is 82.7 cm³/mol. The zero-order valence-corrected chi connectivity index (χ0v) is 13.3. The predicted octanol–water partition coefficient (Wildman–Crippen LogP) is 1.90. The molecule has 0 bridgehead atoms. The molecule has 20 heavy (non-hydrogen) atoms. The molecule has 2 N–H and O–H groups in total. The summed E-state index contributed by atoms with van der Waals surface area (Å²) in [5.41, 5.74) is 0. The maximum atomic E-state index is 12.4. The van der Waals surface area contributed by atoms with Crippen LogP contribution in [0.5, 0.6) is 0 Å². The van der Waals surface area contributed by atoms with Crippen molar-refractivity contribution in [2.24, 2.45) is 0 Å². The van der Waals surface area contributed by atoms with Crippen molar-refractivity contribution in [2.45, 2.75) is 83.5 Å². The quantitative estimate of drug-likeness (QED) is 0.714. The lowest BCUT2D eigenvalue weighted by molar-refractivity contribution is -0.126. The third-order valence-electron chi connectivity index (χ3n) is 4.60. The molecule has 1 aliphatic carbocycles. The molecule has 0 aromatic rings. The molecule has 2 aliphatic rings. The summed E-state index contributed by atoms with van der Waals surface area (Å²) in [6.07, 6.45) is 7.23. The van der Waals surface area contributed by atoms with E-state index in [1.165, 1.54) is 25.7 Å². The van der Waals surface area contributed by atoms with E-state index in [9.17, 15) is 4.79 Å². The molecule has 4 nitrogen and oxygen atoms in total. The Labute approximate surface area is 123 Å². The van der Waals surface area contributed by atoms with Crippen LogP contribution in [0.4, 0.5) is 0 Å². The van der Waals surface area contributed by atoms with Gasteiger partial charge in [-0.15, -0.1) is 0 Å². The lowest BCUT2D eigenvalue weighted by Gasteiger charge is -2.31. The highest BCUT2D eigenvalue weighted by molar-refractivity contribution is 5.81. The van der Waals surface area contributed by atoms with Gasteiger partial charge in [0.2, 0.25) is 5.91 Å². The number of amides is 1. The molecule has 1 saturated carbocycles. The molecule has 1 saturated heterocycles. The molecule has 3 unspecified atom stereocenters. The smallest absolute Gasteiger partial charge is 0.237 e. The summed E-state index contributed by atoms with van der Waals surface area (Å²) in [7, 11) is 0. The van der Waals surface area contributed by atoms with Gasteiger partial charge < -0.3 is 10.6 Å². The van der Waals surface area contributed by atoms with E-state index >= 15 is 0 Å². The lowest BCUT2D eigenvalue weighted by Crippen LogP contribution is -2.51. The zero-order chi connectivity index (χ0) is 14.5. The van der Waals surface area contributed by atoms with Crippen molar-refractivity contribution in [1.29, 1.82) is 0 Å². The number of carbonyl (C=O) groups is 1. The monoisotopic (exact) mass is 281 g/mol. The first kappa shape index (κ1) is 15.8. The lowest BCUT2D eigenvalue weighted by atomic mass is 10.1. The fourth-order valence-corrected chi connectivity index (χ4v) is 3.22. The minimum atomic E-state index is 0.00389. The van der Waals surface area contributed by atoms with Gasteiger partial charge in [0, 0.05) is 24.7 Å². The Bertz CT molecular complexity index is 311. The molecule has 3 atom stereocenters. The summed E-state index contributed by atoms with van der Waals surface area (Å²) < 4.78 is 0. The van der Waals surface area contributed by atoms with Crippen LogP contribution in [0.2, 0.25) is 0 Å². The molecule has 1 amide bonds. The molecule has 0 spiro atoms. The molecule has 2 rings (SSSR count). The number of nitrogens with zero attached hydrogens (tertiary/aromatic N) is 1. The largest absolute Gasteiger partial charge is 0.352 e. The highest BCUT2D eigenvalue weighted by Gasteiger charge is 2.36. The highest BCUT2D eigenvalue weighted by atomic mass is 16.2. The van der Waals surface area contributed by atoms with E-state index in [2.05, 4.69) is 36.3 Å². The zero-order valence-electron chi connectivity index (χ0n) is 13.3. The number of rotatable bonds is 8. The second kappa shape index (κ2) is 7.41. The molecule has 0 radical (unpaired) electrons. The Balaban J connectivity index is 1.85. The third-order valence-corrected chi connectivity index (χ3v) is 4.60. The number of hydrogen-bond donors (Lipinski definition) is 2. The van der Waals surface area contributed by atoms with Crippen molar-refractivity contribution in [3.05, 3.63) is 0 Å². The van der Waals surface area contributed by atoms with Crippen molar-refractivity contribution < 1.29 is 4.79 Å². The van der Waals surface area contributed by atoms with Gasteiger partial charge in [0.15, 0.2) is 0 Å². The summed E-state index contributed by atoms with van der Waals surface area (Å²) in [6, 6.07) is 1.52. The van der Waals surface area contributed by atoms with Gasteiger partial charge in [0.25, 0.3) is 0 Å². The normalized spacial score (nSPS) is 25.7. The van der Waals surface area contributed by atoms with E-state index in [1.54, 1.807) is 0 Å². The summed E-state index contributed by atoms with van der Waals surface area (Å²) in [4.78, 5) is 14.8. The van der Waals surface area contributed by atoms with Crippen molar-refractivity contribution in [2.75, 3.05) is 13.1 Å². The average Bonchev–Trinajstić information content (AvgIpc) is 3.12. The van der Waals surface area contributed by atoms with Gasteiger partial charge in [0.05, 0.1) is 6.04 Å². The summed E-state index contributed by atoms with van der Waals surface area (Å²) in [5, 5.41) is 6.72. The van der Waals surface area contributed by atoms with Crippen LogP contribution in [-0.4, -0.2) is 48.1 Å². The van der Waals surface area contributed by atoms with E-state index in [0.29, 0.717) is 18.1 Å². The Morgan fingerprint density at radius 2 is 2.10 bits per heavy atom. The summed E-state index contributed by atoms with van der Waals surface area (Å²) >= 11 is 0. The second-order valence-electron chi connectivity index (χ2n) is 6.60. The fourth-order valence-electron chi connectivity index (χ4n) is 3.22. The minimum absolute atomic E-state index is 0.00389. The molecule has 116 valence electrons. The van der Waals surface area contributed by atoms with Crippen molar-refractivity contribution in [3.8, 4) is 0 Å². The van der Waals surface area contributed by atoms with Gasteiger partial charge in [-0.2, -0.15) is 0 Å². The van der Waals surface area contributed by atoms with Crippen LogP contribution in [0.1, 0.15) is 59.3 Å². The Morgan fingerprint density at radius 1 is 1.35 bits per heavy atom. The van der Waals surface area contributed by atoms with Gasteiger partial charge in [-0.3, -0.25) is 9.69 Å². The molecule has 0 aromatic carbocycles. The number of nitrogens with one attached hydrogen (secondary N) is 2. The van der Waals surface area contributed by atoms with Crippen LogP contribution >= 0.6 is 0 Å². The maximum Gasteiger partial charge on any atom is 0.237 e. The van der Waals surface area contributed by atoms with Gasteiger partial charge in [0.1, 0.15) is 0 Å². The Kier molecular flexibility index (Phi) is 5.85. The van der Waals surface area contributed by atoms with E-state index in [1.807, 2.05) is 0 Å². The average molecular weight is 281 g/mol. The van der Waals surface area contributed by atoms with Crippen LogP contribution < -0.4 is 10.6 Å². The third kappa shape index (κ3) is 4.45. The van der Waals surface area contributed by atoms with Crippen LogP contribution in [0.3, 0.4) is 0 Å². The standard InChI is InChI=1S/C16H31N3O/c1-4-6-12(2)18-16(20)13(3)19(15-8-9-15)11-14-7-5-10-17-14/h12-15,17H,4-11H2,1-3H3,(H,18,20). The SMILES string of the molecule is CCCC(C)NC(=O)C(C)N(CC1CCCN1)C1CC1. The second-order valence-corrected chi connectivity index (χ2v) is 6.60. The van der Waals surface area contributed by atoms with Crippen LogP contribution in [-0.2, 0) is 4.79 Å². The maximum absolute atomic E-state index is 12.4. The Hall–Kier alpha value is -0.610. The molecule has 1 heterocycles. The summed E-state index contributed by atoms with van der Waals surface area (Å²) in [6.45, 7) is 8.50. The number of carbonyl (C=O) groups excluding carboxylic acids is 1. The van der Waals surface area contributed by atoms with Gasteiger partial charge in [-0.25, -0.2) is 0 Å². The minimum Gasteiger partial charge on any atom is -0.352 e. The molecule has 2 fully saturated rings. The summed E-state index contributed by atoms with van der Waals surface area (Å²) in [5.74, 6) is 0.204. The van der Waals surface area contributed by atoms with Crippen LogP contribution in [0.15, 0.2) is 0 Å². The first-order valence-corrected chi connectivity index (χ1v) is 8.41. The van der Waals surface area contributed by atoms with Crippen LogP contribution in [0, 0.1) is 0 Å². The number of hydrogen-bond acceptors (Lipinski definition) is 3. The molecular weight excluding hydrogens is 250 g/mol. The first-order valence-electron chi connectivity index (χ1n) is 8.41. The van der Waals surface area contributed by atoms with E-state index in [4.69, 9.17) is 0 Å². The van der Waals surface area contributed by atoms with Gasteiger partial charge in [-0.1, -0.05) is 13.3 Å². The Morgan fingerprint density at radius 3 is 2.65 bits per heavy atom. The van der Waals surface area contributed by atoms with E-state index in [-0.39, 0.29) is 11.9 Å². The highest BCUT2D eigenvalue weighted by Crippen LogP contribution is 2.29. The van der Waals surface area contributed by atoms with Gasteiger partial charge >= 0.3 is 0 Å². The topological polar surface area (TPSA) is 44.4 Å². The molecule has 0 aromatic heterocycles. The molecule has 4 heteroatoms. The van der Waals surface area contributed by atoms with Crippen molar-refractivity contribution >= 4 is 5.91 Å². The first-order chi connectivity index (χ1) is 9.61. The van der Waals surface area contributed by atoms with E-state index < -0.39 is 0 Å². The van der Waals surface area contributed by atoms with Crippen molar-refractivity contribution in [1.82, 2.24) is 15.5 Å². The fraction of sp³-hybridized carbons (Fsp3) is 0.938. The van der Waals surface area contributed by atoms with Crippen molar-refractivity contribution in [3.63, 3.8) is 0 Å². The van der Waals surface area contributed by atoms with Gasteiger partial charge in [-0.05, 0) is 52.5 Å². The molecule has 1 aliphatic heterocycles.